The monoisotopic (exact) mass is 257 g/mol. The quantitative estimate of drug-likeness (QED) is 0.877. The third kappa shape index (κ3) is 3.48. The highest BCUT2D eigenvalue weighted by molar-refractivity contribution is 5.20. The first-order chi connectivity index (χ1) is 8.66. The summed E-state index contributed by atoms with van der Waals surface area (Å²) < 4.78 is 36.5. The fraction of sp³-hybridized carbons (Fsp3) is 0.538. The third-order valence-electron chi connectivity index (χ3n) is 3.05. The molecule has 2 N–H and O–H groups in total. The van der Waals surface area contributed by atoms with E-state index in [2.05, 4.69) is 0 Å². The molecule has 0 radical (unpaired) electrons. The van der Waals surface area contributed by atoms with Gasteiger partial charge in [0.05, 0.1) is 25.9 Å². The van der Waals surface area contributed by atoms with Gasteiger partial charge in [-0.1, -0.05) is 6.07 Å². The lowest BCUT2D eigenvalue weighted by Crippen LogP contribution is -2.20. The van der Waals surface area contributed by atoms with Crippen molar-refractivity contribution in [3.8, 4) is 0 Å². The first kappa shape index (κ1) is 13.4. The Balaban J connectivity index is 1.79. The molecule has 0 aromatic heterocycles. The van der Waals surface area contributed by atoms with Crippen LogP contribution in [0.3, 0.4) is 0 Å². The van der Waals surface area contributed by atoms with Crippen LogP contribution in [0.4, 0.5) is 8.78 Å². The Kier molecular flexibility index (Phi) is 4.63. The molecule has 0 aliphatic carbocycles. The summed E-state index contributed by atoms with van der Waals surface area (Å²) in [5, 5.41) is 0. The van der Waals surface area contributed by atoms with E-state index in [0.717, 1.165) is 31.8 Å². The molecule has 18 heavy (non-hydrogen) atoms. The maximum absolute atomic E-state index is 13.0. The van der Waals surface area contributed by atoms with Crippen LogP contribution in [-0.2, 0) is 9.47 Å². The van der Waals surface area contributed by atoms with Crippen LogP contribution in [0.2, 0.25) is 0 Å². The highest BCUT2D eigenvalue weighted by Crippen LogP contribution is 2.16. The summed E-state index contributed by atoms with van der Waals surface area (Å²) in [6, 6.07) is 3.23. The SMILES string of the molecule is NC(COCC1CCOC1)c1ccc(F)c(F)c1. The van der Waals surface area contributed by atoms with Crippen LogP contribution in [0.5, 0.6) is 0 Å². The third-order valence-corrected chi connectivity index (χ3v) is 3.05. The Hall–Kier alpha value is -1.04. The summed E-state index contributed by atoms with van der Waals surface area (Å²) in [7, 11) is 0. The van der Waals surface area contributed by atoms with Crippen molar-refractivity contribution in [3.05, 3.63) is 35.4 Å². The van der Waals surface area contributed by atoms with Gasteiger partial charge in [-0.2, -0.15) is 0 Å². The van der Waals surface area contributed by atoms with E-state index in [1.807, 2.05) is 0 Å². The first-order valence-electron chi connectivity index (χ1n) is 6.03. The molecule has 5 heteroatoms. The predicted molar refractivity (Wildman–Crippen MR) is 63.0 cm³/mol. The summed E-state index contributed by atoms with van der Waals surface area (Å²) >= 11 is 0. The summed E-state index contributed by atoms with van der Waals surface area (Å²) in [5.41, 5.74) is 6.39. The zero-order valence-electron chi connectivity index (χ0n) is 10.1. The largest absolute Gasteiger partial charge is 0.381 e. The maximum atomic E-state index is 13.0. The topological polar surface area (TPSA) is 44.5 Å². The Morgan fingerprint density at radius 3 is 2.89 bits per heavy atom. The van der Waals surface area contributed by atoms with Crippen molar-refractivity contribution >= 4 is 0 Å². The summed E-state index contributed by atoms with van der Waals surface area (Å²) in [4.78, 5) is 0. The molecule has 100 valence electrons. The molecule has 2 unspecified atom stereocenters. The van der Waals surface area contributed by atoms with Gasteiger partial charge in [0.15, 0.2) is 11.6 Å². The van der Waals surface area contributed by atoms with Crippen molar-refractivity contribution in [3.63, 3.8) is 0 Å². The van der Waals surface area contributed by atoms with Crippen LogP contribution in [0, 0.1) is 17.6 Å². The number of hydrogen-bond acceptors (Lipinski definition) is 3. The lowest BCUT2D eigenvalue weighted by Gasteiger charge is -2.14. The normalized spacial score (nSPS) is 21.2. The number of hydrogen-bond donors (Lipinski definition) is 1. The zero-order chi connectivity index (χ0) is 13.0. The average Bonchev–Trinajstić information content (AvgIpc) is 2.85. The molecule has 1 aromatic rings. The van der Waals surface area contributed by atoms with Crippen LogP contribution in [0.1, 0.15) is 18.0 Å². The first-order valence-corrected chi connectivity index (χ1v) is 6.03. The fourth-order valence-electron chi connectivity index (χ4n) is 1.92. The molecule has 1 aliphatic heterocycles. The van der Waals surface area contributed by atoms with Gasteiger partial charge in [-0.3, -0.25) is 0 Å². The molecule has 0 bridgehead atoms. The van der Waals surface area contributed by atoms with Crippen LogP contribution in [0.25, 0.3) is 0 Å². The second-order valence-corrected chi connectivity index (χ2v) is 4.55. The zero-order valence-corrected chi connectivity index (χ0v) is 10.1. The van der Waals surface area contributed by atoms with E-state index in [0.29, 0.717) is 24.7 Å². The van der Waals surface area contributed by atoms with Crippen molar-refractivity contribution in [2.24, 2.45) is 11.7 Å². The molecule has 3 nitrogen and oxygen atoms in total. The number of halogens is 2. The molecule has 2 atom stereocenters. The van der Waals surface area contributed by atoms with Crippen LogP contribution >= 0.6 is 0 Å². The summed E-state index contributed by atoms with van der Waals surface area (Å²) in [5.74, 6) is -1.33. The van der Waals surface area contributed by atoms with E-state index in [1.165, 1.54) is 6.07 Å². The van der Waals surface area contributed by atoms with Crippen LogP contribution < -0.4 is 5.73 Å². The lowest BCUT2D eigenvalue weighted by atomic mass is 10.1. The van der Waals surface area contributed by atoms with E-state index in [-0.39, 0.29) is 0 Å². The molecular weight excluding hydrogens is 240 g/mol. The minimum atomic E-state index is -0.882. The Morgan fingerprint density at radius 1 is 1.39 bits per heavy atom. The second-order valence-electron chi connectivity index (χ2n) is 4.55. The minimum absolute atomic E-state index is 0.293. The summed E-state index contributed by atoms with van der Waals surface area (Å²) in [6.07, 6.45) is 1.00. The molecular formula is C13H17F2NO2. The molecule has 1 saturated heterocycles. The van der Waals surface area contributed by atoms with Gasteiger partial charge in [0.1, 0.15) is 0 Å². The highest BCUT2D eigenvalue weighted by atomic mass is 19.2. The number of rotatable bonds is 5. The van der Waals surface area contributed by atoms with Crippen molar-refractivity contribution in [2.45, 2.75) is 12.5 Å². The van der Waals surface area contributed by atoms with Gasteiger partial charge >= 0.3 is 0 Å². The van der Waals surface area contributed by atoms with Gasteiger partial charge in [-0.25, -0.2) is 8.78 Å². The molecule has 0 amide bonds. The van der Waals surface area contributed by atoms with Crippen LogP contribution in [0.15, 0.2) is 18.2 Å². The molecule has 2 rings (SSSR count). The van der Waals surface area contributed by atoms with Gasteiger partial charge in [0.25, 0.3) is 0 Å². The smallest absolute Gasteiger partial charge is 0.159 e. The molecule has 1 heterocycles. The van der Waals surface area contributed by atoms with Crippen LogP contribution in [-0.4, -0.2) is 26.4 Å². The molecule has 0 spiro atoms. The molecule has 1 aliphatic rings. The Bertz CT molecular complexity index is 395. The van der Waals surface area contributed by atoms with Gasteiger partial charge in [-0.15, -0.1) is 0 Å². The minimum Gasteiger partial charge on any atom is -0.381 e. The molecule has 1 aromatic carbocycles. The maximum Gasteiger partial charge on any atom is 0.159 e. The standard InChI is InChI=1S/C13H17F2NO2/c14-11-2-1-10(5-12(11)15)13(16)8-18-7-9-3-4-17-6-9/h1-2,5,9,13H,3-4,6-8,16H2. The molecule has 1 fully saturated rings. The van der Waals surface area contributed by atoms with E-state index in [1.54, 1.807) is 0 Å². The van der Waals surface area contributed by atoms with Crippen molar-refractivity contribution in [1.82, 2.24) is 0 Å². The van der Waals surface area contributed by atoms with E-state index in [9.17, 15) is 8.78 Å². The number of nitrogens with two attached hydrogens (primary N) is 1. The average molecular weight is 257 g/mol. The predicted octanol–water partition coefficient (Wildman–Crippen LogP) is 2.02. The van der Waals surface area contributed by atoms with Gasteiger partial charge in [0.2, 0.25) is 0 Å². The van der Waals surface area contributed by atoms with Gasteiger partial charge < -0.3 is 15.2 Å². The van der Waals surface area contributed by atoms with Gasteiger partial charge in [0, 0.05) is 12.5 Å². The summed E-state index contributed by atoms with van der Waals surface area (Å²) in [6.45, 7) is 2.39. The fourth-order valence-corrected chi connectivity index (χ4v) is 1.92. The van der Waals surface area contributed by atoms with E-state index in [4.69, 9.17) is 15.2 Å². The Morgan fingerprint density at radius 2 is 2.22 bits per heavy atom. The Labute approximate surface area is 105 Å². The van der Waals surface area contributed by atoms with Crippen molar-refractivity contribution in [2.75, 3.05) is 26.4 Å². The van der Waals surface area contributed by atoms with Gasteiger partial charge in [-0.05, 0) is 24.1 Å². The number of benzene rings is 1. The van der Waals surface area contributed by atoms with Crippen molar-refractivity contribution in [1.29, 1.82) is 0 Å². The second kappa shape index (κ2) is 6.22. The van der Waals surface area contributed by atoms with Crippen molar-refractivity contribution < 1.29 is 18.3 Å². The number of ether oxygens (including phenoxy) is 2. The highest BCUT2D eigenvalue weighted by Gasteiger charge is 2.16. The van der Waals surface area contributed by atoms with E-state index < -0.39 is 17.7 Å². The molecule has 0 saturated carbocycles. The van der Waals surface area contributed by atoms with E-state index >= 15 is 0 Å². The lowest BCUT2D eigenvalue weighted by molar-refractivity contribution is 0.0808.